The van der Waals surface area contributed by atoms with Crippen molar-refractivity contribution in [2.75, 3.05) is 46.4 Å². The standard InChI is InChI=1S/C43H53F3N6O6S/c1-41(2,36-25-59-39(49-36)29-19-31(56-5)21-47-20-29)51-16-15-50(33(23-51)38(54)48-26-43(44,45)46)22-30(53)18-28(17-27-11-7-6-8-12-27)40(55)52-37-32-13-9-10-14-34(32)57-24-35(37)58-42(52,3)4/h6-14,19-21,25,28,30,33,35,37-38,48,53-54H,15-18,22-24,26H2,1-5H3/t28-,30+,33+,35-,37+,38?/m1/s1. The lowest BCUT2D eigenvalue weighted by Crippen LogP contribution is -2.65. The zero-order valence-corrected chi connectivity index (χ0v) is 34.7. The molecule has 2 aromatic heterocycles. The van der Waals surface area contributed by atoms with Crippen molar-refractivity contribution in [1.82, 2.24) is 30.0 Å². The van der Waals surface area contributed by atoms with Gasteiger partial charge in [0.1, 0.15) is 41.2 Å². The van der Waals surface area contributed by atoms with Crippen LogP contribution in [0.2, 0.25) is 0 Å². The van der Waals surface area contributed by atoms with Crippen LogP contribution < -0.4 is 14.8 Å². The van der Waals surface area contributed by atoms with Gasteiger partial charge in [-0.25, -0.2) is 4.98 Å². The Balaban J connectivity index is 1.11. The molecule has 0 bridgehead atoms. The quantitative estimate of drug-likeness (QED) is 0.137. The van der Waals surface area contributed by atoms with Gasteiger partial charge in [-0.3, -0.25) is 24.9 Å². The molecule has 12 nitrogen and oxygen atoms in total. The minimum atomic E-state index is -4.55. The molecular formula is C43H53F3N6O6S. The van der Waals surface area contributed by atoms with Crippen LogP contribution in [0.3, 0.4) is 0 Å². The number of thiazole rings is 1. The van der Waals surface area contributed by atoms with Gasteiger partial charge in [0.25, 0.3) is 0 Å². The van der Waals surface area contributed by atoms with Gasteiger partial charge < -0.3 is 29.3 Å². The van der Waals surface area contributed by atoms with E-state index in [1.54, 1.807) is 24.4 Å². The van der Waals surface area contributed by atoms with Crippen molar-refractivity contribution in [3.8, 4) is 22.1 Å². The second-order valence-electron chi connectivity index (χ2n) is 16.5. The molecule has 1 unspecified atom stereocenters. The van der Waals surface area contributed by atoms with Crippen LogP contribution in [0, 0.1) is 5.92 Å². The Kier molecular flexibility index (Phi) is 12.7. The van der Waals surface area contributed by atoms with E-state index in [9.17, 15) is 28.2 Å². The van der Waals surface area contributed by atoms with Gasteiger partial charge in [-0.15, -0.1) is 11.3 Å². The smallest absolute Gasteiger partial charge is 0.401 e. The summed E-state index contributed by atoms with van der Waals surface area (Å²) in [5.74, 6) is 0.449. The number of amides is 1. The van der Waals surface area contributed by atoms with Crippen molar-refractivity contribution in [1.29, 1.82) is 0 Å². The first-order valence-electron chi connectivity index (χ1n) is 19.9. The van der Waals surface area contributed by atoms with Gasteiger partial charge in [0, 0.05) is 54.8 Å². The number of benzene rings is 2. The van der Waals surface area contributed by atoms with Gasteiger partial charge in [0.05, 0.1) is 49.3 Å². The van der Waals surface area contributed by atoms with Gasteiger partial charge in [0.2, 0.25) is 5.91 Å². The normalized spacial score (nSPS) is 22.5. The molecule has 1 amide bonds. The lowest BCUT2D eigenvalue weighted by molar-refractivity contribution is -0.153. The fraction of sp³-hybridized carbons (Fsp3) is 0.512. The Morgan fingerprint density at radius 1 is 1.08 bits per heavy atom. The molecule has 318 valence electrons. The van der Waals surface area contributed by atoms with E-state index in [-0.39, 0.29) is 31.5 Å². The lowest BCUT2D eigenvalue weighted by atomic mass is 9.89. The monoisotopic (exact) mass is 838 g/mol. The van der Waals surface area contributed by atoms with E-state index in [0.717, 1.165) is 27.4 Å². The zero-order chi connectivity index (χ0) is 42.1. The molecule has 0 radical (unpaired) electrons. The molecule has 3 N–H and O–H groups in total. The largest absolute Gasteiger partial charge is 0.495 e. The number of fused-ring (bicyclic) bond motifs is 3. The number of aromatic nitrogens is 2. The number of rotatable bonds is 14. The van der Waals surface area contributed by atoms with Gasteiger partial charge in [-0.1, -0.05) is 48.5 Å². The molecule has 0 aliphatic carbocycles. The Bertz CT molecular complexity index is 2050. The number of alkyl halides is 3. The number of carbonyl (C=O) groups is 1. The molecule has 3 aliphatic rings. The van der Waals surface area contributed by atoms with E-state index in [0.29, 0.717) is 37.6 Å². The zero-order valence-electron chi connectivity index (χ0n) is 33.9. The minimum Gasteiger partial charge on any atom is -0.495 e. The molecule has 16 heteroatoms. The van der Waals surface area contributed by atoms with Crippen molar-refractivity contribution in [2.24, 2.45) is 5.92 Å². The first-order chi connectivity index (χ1) is 28.0. The summed E-state index contributed by atoms with van der Waals surface area (Å²) in [6, 6.07) is 17.9. The van der Waals surface area contributed by atoms with Gasteiger partial charge in [-0.2, -0.15) is 13.2 Å². The van der Waals surface area contributed by atoms with Crippen molar-refractivity contribution < 1.29 is 42.4 Å². The maximum Gasteiger partial charge on any atom is 0.401 e. The average molecular weight is 839 g/mol. The number of carbonyl (C=O) groups excluding carboxylic acids is 1. The number of hydrogen-bond acceptors (Lipinski definition) is 12. The van der Waals surface area contributed by atoms with Crippen LogP contribution >= 0.6 is 11.3 Å². The molecule has 59 heavy (non-hydrogen) atoms. The van der Waals surface area contributed by atoms with Gasteiger partial charge in [-0.05, 0) is 58.2 Å². The summed E-state index contributed by atoms with van der Waals surface area (Å²) in [6.45, 7) is 7.64. The Hall–Kier alpha value is -4.16. The fourth-order valence-corrected chi connectivity index (χ4v) is 9.63. The third-order valence-corrected chi connectivity index (χ3v) is 12.6. The predicted molar refractivity (Wildman–Crippen MR) is 217 cm³/mol. The number of hydrogen-bond donors (Lipinski definition) is 3. The first kappa shape index (κ1) is 42.9. The second kappa shape index (κ2) is 17.4. The highest BCUT2D eigenvalue weighted by Crippen LogP contribution is 2.48. The second-order valence-corrected chi connectivity index (χ2v) is 17.4. The molecule has 2 aromatic carbocycles. The van der Waals surface area contributed by atoms with Crippen LogP contribution in [-0.4, -0.2) is 124 Å². The molecule has 2 fully saturated rings. The van der Waals surface area contributed by atoms with Crippen molar-refractivity contribution in [3.63, 3.8) is 0 Å². The number of β-amino-alcohol motifs (C(OH)–C–C–N with tert-alkyl or cyclic N) is 1. The summed E-state index contributed by atoms with van der Waals surface area (Å²) in [5, 5.41) is 28.2. The number of ether oxygens (including phenoxy) is 3. The van der Waals surface area contributed by atoms with Gasteiger partial charge >= 0.3 is 6.18 Å². The molecule has 6 atom stereocenters. The molecule has 7 rings (SSSR count). The molecule has 4 aromatic rings. The number of aliphatic hydroxyl groups is 2. The summed E-state index contributed by atoms with van der Waals surface area (Å²) in [5.41, 5.74) is 1.69. The van der Waals surface area contributed by atoms with E-state index in [1.165, 1.54) is 11.3 Å². The number of methoxy groups -OCH3 is 1. The van der Waals surface area contributed by atoms with Crippen LogP contribution in [0.1, 0.15) is 57.0 Å². The number of aliphatic hydroxyl groups excluding tert-OH is 2. The maximum absolute atomic E-state index is 14.9. The summed E-state index contributed by atoms with van der Waals surface area (Å²) >= 11 is 1.45. The van der Waals surface area contributed by atoms with E-state index in [2.05, 4.69) is 15.2 Å². The van der Waals surface area contributed by atoms with Crippen molar-refractivity contribution in [2.45, 2.75) is 88.5 Å². The first-order valence-corrected chi connectivity index (χ1v) is 20.8. The number of nitrogens with zero attached hydrogens (tertiary/aromatic N) is 5. The maximum atomic E-state index is 14.9. The third kappa shape index (κ3) is 9.59. The van der Waals surface area contributed by atoms with E-state index in [1.807, 2.05) is 98.6 Å². The van der Waals surface area contributed by atoms with Crippen LogP contribution in [0.5, 0.6) is 11.5 Å². The van der Waals surface area contributed by atoms with Gasteiger partial charge in [0.15, 0.2) is 0 Å². The number of para-hydroxylation sites is 1. The number of piperazine rings is 1. The number of pyridine rings is 1. The molecule has 0 spiro atoms. The molecule has 3 aliphatic heterocycles. The van der Waals surface area contributed by atoms with Crippen LogP contribution in [0.25, 0.3) is 10.6 Å². The van der Waals surface area contributed by atoms with E-state index < -0.39 is 54.3 Å². The molecule has 5 heterocycles. The number of halogens is 3. The molecule has 0 saturated carbocycles. The lowest BCUT2D eigenvalue weighted by Gasteiger charge is -2.49. The Morgan fingerprint density at radius 3 is 2.58 bits per heavy atom. The highest BCUT2D eigenvalue weighted by molar-refractivity contribution is 7.13. The summed E-state index contributed by atoms with van der Waals surface area (Å²) in [6.07, 6.45) is -3.83. The Morgan fingerprint density at radius 2 is 1.83 bits per heavy atom. The SMILES string of the molecule is COc1cncc(-c2nc(C(C)(C)N3CCN(C[C@@H](O)C[C@@H](Cc4ccccc4)C(=O)N4[C@H]5c6ccccc6OC[C@H]5OC4(C)C)[C@H](C(O)NCC(F)(F)F)C3)cs2)c1. The third-order valence-electron chi connectivity index (χ3n) is 11.7. The Labute approximate surface area is 346 Å². The summed E-state index contributed by atoms with van der Waals surface area (Å²) in [4.78, 5) is 29.8. The van der Waals surface area contributed by atoms with Crippen LogP contribution in [-0.2, 0) is 21.5 Å². The van der Waals surface area contributed by atoms with Crippen LogP contribution in [0.15, 0.2) is 78.4 Å². The molecular weight excluding hydrogens is 786 g/mol. The highest BCUT2D eigenvalue weighted by atomic mass is 32.1. The minimum absolute atomic E-state index is 0.0224. The van der Waals surface area contributed by atoms with E-state index in [4.69, 9.17) is 19.2 Å². The highest BCUT2D eigenvalue weighted by Gasteiger charge is 2.54. The molecule has 2 saturated heterocycles. The topological polar surface area (TPSA) is 133 Å². The summed E-state index contributed by atoms with van der Waals surface area (Å²) < 4.78 is 58.1. The number of nitrogens with one attached hydrogen (secondary N) is 1. The van der Waals surface area contributed by atoms with Crippen molar-refractivity contribution in [3.05, 3.63) is 95.3 Å². The van der Waals surface area contributed by atoms with Crippen molar-refractivity contribution >= 4 is 17.2 Å². The average Bonchev–Trinajstić information content (AvgIpc) is 3.82. The van der Waals surface area contributed by atoms with Crippen LogP contribution in [0.4, 0.5) is 13.2 Å². The van der Waals surface area contributed by atoms with E-state index >= 15 is 0 Å². The fourth-order valence-electron chi connectivity index (χ4n) is 8.66. The summed E-state index contributed by atoms with van der Waals surface area (Å²) in [7, 11) is 1.57. The predicted octanol–water partition coefficient (Wildman–Crippen LogP) is 5.61.